The molecule has 0 unspecified atom stereocenters. The predicted molar refractivity (Wildman–Crippen MR) is 44.3 cm³/mol. The molecule has 1 aromatic carbocycles. The van der Waals surface area contributed by atoms with Gasteiger partial charge in [0.2, 0.25) is 0 Å². The van der Waals surface area contributed by atoms with E-state index in [4.69, 9.17) is 0 Å². The van der Waals surface area contributed by atoms with E-state index >= 15 is 0 Å². The fourth-order valence-electron chi connectivity index (χ4n) is 1.03. The van der Waals surface area contributed by atoms with Gasteiger partial charge in [-0.2, -0.15) is 0 Å². The third kappa shape index (κ3) is 0.914. The topological polar surface area (TPSA) is 12.9 Å². The van der Waals surface area contributed by atoms with E-state index in [0.717, 1.165) is 0 Å². The standard InChI is InChI=1S/C8H5F2NS/c1-4-5(9)2-6-8(7(4)10)12-3-11-6/h2-3H,1H3. The first-order chi connectivity index (χ1) is 5.70. The first-order valence-corrected chi connectivity index (χ1v) is 4.26. The second kappa shape index (κ2) is 2.48. The number of hydrogen-bond donors (Lipinski definition) is 0. The Hall–Kier alpha value is -1.03. The summed E-state index contributed by atoms with van der Waals surface area (Å²) in [5, 5.41) is 0. The molecule has 4 heteroatoms. The maximum Gasteiger partial charge on any atom is 0.148 e. The van der Waals surface area contributed by atoms with Crippen molar-refractivity contribution >= 4 is 21.6 Å². The molecule has 62 valence electrons. The van der Waals surface area contributed by atoms with E-state index in [9.17, 15) is 8.78 Å². The van der Waals surface area contributed by atoms with E-state index in [1.54, 1.807) is 0 Å². The quantitative estimate of drug-likeness (QED) is 0.615. The van der Waals surface area contributed by atoms with Gasteiger partial charge in [-0.3, -0.25) is 0 Å². The van der Waals surface area contributed by atoms with Gasteiger partial charge in [0.15, 0.2) is 0 Å². The molecule has 2 aromatic rings. The minimum atomic E-state index is -0.536. The SMILES string of the molecule is Cc1c(F)cc2ncsc2c1F. The molecular weight excluding hydrogens is 180 g/mol. The summed E-state index contributed by atoms with van der Waals surface area (Å²) in [7, 11) is 0. The maximum absolute atomic E-state index is 13.2. The Morgan fingerprint density at radius 3 is 2.92 bits per heavy atom. The highest BCUT2D eigenvalue weighted by atomic mass is 32.1. The van der Waals surface area contributed by atoms with Crippen LogP contribution in [0.2, 0.25) is 0 Å². The lowest BCUT2D eigenvalue weighted by atomic mass is 10.2. The van der Waals surface area contributed by atoms with Crippen molar-refractivity contribution in [3.05, 3.63) is 28.8 Å². The molecule has 2 rings (SSSR count). The number of nitrogens with zero attached hydrogens (tertiary/aromatic N) is 1. The molecular formula is C8H5F2NS. The number of aromatic nitrogens is 1. The van der Waals surface area contributed by atoms with Crippen molar-refractivity contribution in [1.29, 1.82) is 0 Å². The molecule has 0 bridgehead atoms. The molecule has 1 aromatic heterocycles. The minimum absolute atomic E-state index is 0.0618. The van der Waals surface area contributed by atoms with Gasteiger partial charge >= 0.3 is 0 Å². The van der Waals surface area contributed by atoms with Crippen molar-refractivity contribution < 1.29 is 8.78 Å². The van der Waals surface area contributed by atoms with Crippen molar-refractivity contribution in [2.45, 2.75) is 6.92 Å². The normalized spacial score (nSPS) is 10.9. The van der Waals surface area contributed by atoms with Crippen LogP contribution in [0.5, 0.6) is 0 Å². The fraction of sp³-hybridized carbons (Fsp3) is 0.125. The van der Waals surface area contributed by atoms with Crippen LogP contribution in [0.4, 0.5) is 8.78 Å². The van der Waals surface area contributed by atoms with Gasteiger partial charge < -0.3 is 0 Å². The van der Waals surface area contributed by atoms with Gasteiger partial charge in [0.05, 0.1) is 15.7 Å². The Morgan fingerprint density at radius 1 is 1.42 bits per heavy atom. The van der Waals surface area contributed by atoms with E-state index in [1.165, 1.54) is 29.8 Å². The minimum Gasteiger partial charge on any atom is -0.244 e. The van der Waals surface area contributed by atoms with Crippen LogP contribution in [0.25, 0.3) is 10.2 Å². The van der Waals surface area contributed by atoms with Crippen molar-refractivity contribution in [2.75, 3.05) is 0 Å². The van der Waals surface area contributed by atoms with E-state index < -0.39 is 11.6 Å². The molecule has 1 nitrogen and oxygen atoms in total. The molecule has 0 saturated heterocycles. The molecule has 12 heavy (non-hydrogen) atoms. The highest BCUT2D eigenvalue weighted by molar-refractivity contribution is 7.16. The number of benzene rings is 1. The molecule has 0 N–H and O–H groups in total. The van der Waals surface area contributed by atoms with Crippen LogP contribution in [0.1, 0.15) is 5.56 Å². The number of fused-ring (bicyclic) bond motifs is 1. The van der Waals surface area contributed by atoms with E-state index in [1.807, 2.05) is 0 Å². The summed E-state index contributed by atoms with van der Waals surface area (Å²) in [5.74, 6) is -1.03. The van der Waals surface area contributed by atoms with E-state index in [0.29, 0.717) is 10.2 Å². The molecule has 0 saturated carbocycles. The average Bonchev–Trinajstić information content (AvgIpc) is 2.48. The van der Waals surface area contributed by atoms with Crippen LogP contribution in [-0.2, 0) is 0 Å². The second-order valence-electron chi connectivity index (χ2n) is 2.50. The summed E-state index contributed by atoms with van der Waals surface area (Å²) in [4.78, 5) is 3.82. The zero-order valence-corrected chi connectivity index (χ0v) is 7.08. The van der Waals surface area contributed by atoms with Gasteiger partial charge in [-0.1, -0.05) is 0 Å². The lowest BCUT2D eigenvalue weighted by Crippen LogP contribution is -1.88. The van der Waals surface area contributed by atoms with Gasteiger partial charge in [-0.25, -0.2) is 13.8 Å². The number of rotatable bonds is 0. The van der Waals surface area contributed by atoms with Crippen LogP contribution in [0.15, 0.2) is 11.6 Å². The summed E-state index contributed by atoms with van der Waals surface area (Å²) in [6, 6.07) is 1.25. The van der Waals surface area contributed by atoms with Crippen LogP contribution in [0.3, 0.4) is 0 Å². The lowest BCUT2D eigenvalue weighted by Gasteiger charge is -1.97. The summed E-state index contributed by atoms with van der Waals surface area (Å²) < 4.78 is 26.6. The molecule has 0 spiro atoms. The largest absolute Gasteiger partial charge is 0.244 e. The van der Waals surface area contributed by atoms with Crippen LogP contribution in [0, 0.1) is 18.6 Å². The Kier molecular flexibility index (Phi) is 1.58. The zero-order valence-electron chi connectivity index (χ0n) is 6.27. The number of hydrogen-bond acceptors (Lipinski definition) is 2. The maximum atomic E-state index is 13.2. The summed E-state index contributed by atoms with van der Waals surface area (Å²) in [5.41, 5.74) is 1.96. The highest BCUT2D eigenvalue weighted by Gasteiger charge is 2.10. The zero-order chi connectivity index (χ0) is 8.72. The van der Waals surface area contributed by atoms with Crippen LogP contribution in [-0.4, -0.2) is 4.98 Å². The van der Waals surface area contributed by atoms with Gasteiger partial charge in [0.1, 0.15) is 11.6 Å². The van der Waals surface area contributed by atoms with E-state index in [2.05, 4.69) is 4.98 Å². The van der Waals surface area contributed by atoms with Gasteiger partial charge in [-0.15, -0.1) is 11.3 Å². The van der Waals surface area contributed by atoms with Crippen molar-refractivity contribution in [1.82, 2.24) is 4.98 Å². The van der Waals surface area contributed by atoms with Gasteiger partial charge in [0.25, 0.3) is 0 Å². The Labute approximate surface area is 71.7 Å². The first-order valence-electron chi connectivity index (χ1n) is 3.38. The molecule has 0 atom stereocenters. The van der Waals surface area contributed by atoms with Crippen LogP contribution < -0.4 is 0 Å². The fourth-order valence-corrected chi connectivity index (χ4v) is 1.79. The second-order valence-corrected chi connectivity index (χ2v) is 3.35. The highest BCUT2D eigenvalue weighted by Crippen LogP contribution is 2.25. The molecule has 0 aliphatic rings. The molecule has 0 radical (unpaired) electrons. The number of halogens is 2. The monoisotopic (exact) mass is 185 g/mol. The molecule has 1 heterocycles. The molecule has 0 aliphatic carbocycles. The van der Waals surface area contributed by atoms with E-state index in [-0.39, 0.29) is 5.56 Å². The summed E-state index contributed by atoms with van der Waals surface area (Å²) in [6.45, 7) is 1.42. The van der Waals surface area contributed by atoms with Gasteiger partial charge in [0, 0.05) is 11.6 Å². The van der Waals surface area contributed by atoms with Gasteiger partial charge in [-0.05, 0) is 6.92 Å². The van der Waals surface area contributed by atoms with Crippen molar-refractivity contribution in [3.8, 4) is 0 Å². The number of thiazole rings is 1. The summed E-state index contributed by atoms with van der Waals surface area (Å²) in [6.07, 6.45) is 0. The third-order valence-corrected chi connectivity index (χ3v) is 2.58. The molecule has 0 amide bonds. The predicted octanol–water partition coefficient (Wildman–Crippen LogP) is 2.88. The lowest BCUT2D eigenvalue weighted by molar-refractivity contribution is 0.577. The first kappa shape index (κ1) is 7.61. The average molecular weight is 185 g/mol. The Morgan fingerprint density at radius 2 is 2.17 bits per heavy atom. The van der Waals surface area contributed by atoms with Crippen molar-refractivity contribution in [2.24, 2.45) is 0 Å². The smallest absolute Gasteiger partial charge is 0.148 e. The summed E-state index contributed by atoms with van der Waals surface area (Å²) >= 11 is 1.18. The Balaban J connectivity index is 2.94. The molecule has 0 aliphatic heterocycles. The van der Waals surface area contributed by atoms with Crippen LogP contribution >= 0.6 is 11.3 Å². The molecule has 0 fully saturated rings. The third-order valence-electron chi connectivity index (χ3n) is 1.75. The Bertz CT molecular complexity index is 436. The van der Waals surface area contributed by atoms with Crippen molar-refractivity contribution in [3.63, 3.8) is 0 Å².